The smallest absolute Gasteiger partial charge is 0.337 e. The number of nitrogens with one attached hydrogen (secondary N) is 1. The number of dihydropyridines is 1. The molecule has 0 saturated carbocycles. The molecule has 7 rings (SSSR count). The van der Waals surface area contributed by atoms with Crippen molar-refractivity contribution < 1.29 is 19.1 Å². The highest BCUT2D eigenvalue weighted by Crippen LogP contribution is 2.58. The van der Waals surface area contributed by atoms with Crippen molar-refractivity contribution in [2.75, 3.05) is 6.61 Å². The van der Waals surface area contributed by atoms with Gasteiger partial charge in [-0.15, -0.1) is 0 Å². The van der Waals surface area contributed by atoms with E-state index in [4.69, 9.17) is 4.74 Å². The SMILES string of the molecule is CCOC(=O)C1=C(c2ccccc2)NC2=C(C(=O)c3ccccc32)C12C(=O)c1cccc3cccc2c13. The summed E-state index contributed by atoms with van der Waals surface area (Å²) in [5.41, 5.74) is 2.91. The zero-order valence-corrected chi connectivity index (χ0v) is 20.0. The summed E-state index contributed by atoms with van der Waals surface area (Å²) in [6.07, 6.45) is 0. The van der Waals surface area contributed by atoms with Crippen LogP contribution in [0.25, 0.3) is 22.2 Å². The van der Waals surface area contributed by atoms with Gasteiger partial charge in [-0.05, 0) is 28.8 Å². The Bertz CT molecular complexity index is 1760. The first-order valence-electron chi connectivity index (χ1n) is 12.3. The number of esters is 1. The van der Waals surface area contributed by atoms with Crippen LogP contribution in [0.4, 0.5) is 0 Å². The van der Waals surface area contributed by atoms with E-state index in [2.05, 4.69) is 5.32 Å². The number of hydrogen-bond acceptors (Lipinski definition) is 5. The molecule has 4 aromatic rings. The van der Waals surface area contributed by atoms with Crippen molar-refractivity contribution in [3.63, 3.8) is 0 Å². The molecule has 178 valence electrons. The molecule has 1 spiro atoms. The van der Waals surface area contributed by atoms with E-state index in [0.29, 0.717) is 33.6 Å². The number of allylic oxidation sites excluding steroid dienone is 1. The highest BCUT2D eigenvalue weighted by Gasteiger charge is 2.62. The molecule has 3 aliphatic rings. The van der Waals surface area contributed by atoms with E-state index in [-0.39, 0.29) is 29.3 Å². The van der Waals surface area contributed by atoms with Crippen molar-refractivity contribution in [2.24, 2.45) is 0 Å². The highest BCUT2D eigenvalue weighted by atomic mass is 16.5. The largest absolute Gasteiger partial charge is 0.463 e. The number of ether oxygens (including phenoxy) is 1. The van der Waals surface area contributed by atoms with Crippen molar-refractivity contribution in [3.05, 3.63) is 130 Å². The predicted molar refractivity (Wildman–Crippen MR) is 141 cm³/mol. The monoisotopic (exact) mass is 483 g/mol. The van der Waals surface area contributed by atoms with Gasteiger partial charge in [-0.3, -0.25) is 9.59 Å². The second-order valence-electron chi connectivity index (χ2n) is 9.37. The lowest BCUT2D eigenvalue weighted by molar-refractivity contribution is -0.139. The summed E-state index contributed by atoms with van der Waals surface area (Å²) in [4.78, 5) is 42.8. The van der Waals surface area contributed by atoms with Gasteiger partial charge in [0.2, 0.25) is 0 Å². The predicted octanol–water partition coefficient (Wildman–Crippen LogP) is 5.46. The Morgan fingerprint density at radius 1 is 0.784 bits per heavy atom. The first-order chi connectivity index (χ1) is 18.1. The van der Waals surface area contributed by atoms with Crippen LogP contribution in [0.15, 0.2) is 102 Å². The van der Waals surface area contributed by atoms with Crippen LogP contribution in [0.3, 0.4) is 0 Å². The minimum absolute atomic E-state index is 0.131. The Balaban J connectivity index is 1.67. The molecule has 2 aliphatic carbocycles. The van der Waals surface area contributed by atoms with Crippen molar-refractivity contribution in [1.29, 1.82) is 0 Å². The van der Waals surface area contributed by atoms with E-state index >= 15 is 0 Å². The maximum atomic E-state index is 14.7. The lowest BCUT2D eigenvalue weighted by Gasteiger charge is -2.38. The fourth-order valence-corrected chi connectivity index (χ4v) is 6.21. The number of hydrogen-bond donors (Lipinski definition) is 1. The first-order valence-corrected chi connectivity index (χ1v) is 12.3. The normalized spacial score (nSPS) is 19.4. The standard InChI is InChI=1S/C32H21NO4/c1-2-37-31(36)26-27(19-10-4-3-5-11-19)33-28-20-14-6-7-15-21(20)29(34)25(28)32(26)23-17-9-13-18-12-8-16-22(24(18)23)30(32)35/h3-17,33H,2H2,1H3. The summed E-state index contributed by atoms with van der Waals surface area (Å²) < 4.78 is 5.60. The molecule has 37 heavy (non-hydrogen) atoms. The Kier molecular flexibility index (Phi) is 4.43. The number of benzene rings is 4. The molecule has 5 heteroatoms. The Hall–Kier alpha value is -4.77. The number of rotatable bonds is 3. The fraction of sp³-hybridized carbons (Fsp3) is 0.0938. The molecule has 0 fully saturated rings. The van der Waals surface area contributed by atoms with Gasteiger partial charge < -0.3 is 10.1 Å². The number of fused-ring (bicyclic) bond motifs is 4. The van der Waals surface area contributed by atoms with Gasteiger partial charge in [-0.1, -0.05) is 91.0 Å². The molecular formula is C32H21NO4. The van der Waals surface area contributed by atoms with Crippen molar-refractivity contribution in [2.45, 2.75) is 12.3 Å². The molecular weight excluding hydrogens is 462 g/mol. The van der Waals surface area contributed by atoms with Gasteiger partial charge in [0.25, 0.3) is 0 Å². The summed E-state index contributed by atoms with van der Waals surface area (Å²) >= 11 is 0. The molecule has 0 radical (unpaired) electrons. The molecule has 0 bridgehead atoms. The average Bonchev–Trinajstić information content (AvgIpc) is 3.36. The van der Waals surface area contributed by atoms with Crippen LogP contribution < -0.4 is 5.32 Å². The van der Waals surface area contributed by atoms with E-state index in [1.54, 1.807) is 19.1 Å². The number of carbonyl (C=O) groups excluding carboxylic acids is 3. The molecule has 1 unspecified atom stereocenters. The van der Waals surface area contributed by atoms with E-state index in [9.17, 15) is 14.4 Å². The molecule has 0 amide bonds. The zero-order chi connectivity index (χ0) is 25.3. The molecule has 1 heterocycles. The van der Waals surface area contributed by atoms with Crippen LogP contribution in [-0.4, -0.2) is 24.1 Å². The fourth-order valence-electron chi connectivity index (χ4n) is 6.21. The van der Waals surface area contributed by atoms with Crippen LogP contribution >= 0.6 is 0 Å². The minimum atomic E-state index is -1.64. The second kappa shape index (κ2) is 7.61. The quantitative estimate of drug-likeness (QED) is 0.392. The van der Waals surface area contributed by atoms with Crippen LogP contribution in [0.2, 0.25) is 0 Å². The maximum Gasteiger partial charge on any atom is 0.337 e. The number of ketones is 2. The summed E-state index contributed by atoms with van der Waals surface area (Å²) in [6, 6.07) is 28.0. The topological polar surface area (TPSA) is 72.5 Å². The van der Waals surface area contributed by atoms with E-state index in [1.807, 2.05) is 78.9 Å². The average molecular weight is 484 g/mol. The Labute approximate surface area is 213 Å². The zero-order valence-electron chi connectivity index (χ0n) is 20.0. The summed E-state index contributed by atoms with van der Waals surface area (Å²) in [6.45, 7) is 1.86. The van der Waals surface area contributed by atoms with E-state index < -0.39 is 11.4 Å². The molecule has 5 nitrogen and oxygen atoms in total. The van der Waals surface area contributed by atoms with Gasteiger partial charge in [0.15, 0.2) is 11.6 Å². The van der Waals surface area contributed by atoms with E-state index in [0.717, 1.165) is 16.3 Å². The van der Waals surface area contributed by atoms with Crippen molar-refractivity contribution in [1.82, 2.24) is 5.32 Å². The van der Waals surface area contributed by atoms with Gasteiger partial charge >= 0.3 is 5.97 Å². The van der Waals surface area contributed by atoms with Crippen LogP contribution in [0.5, 0.6) is 0 Å². The lowest BCUT2D eigenvalue weighted by atomic mass is 9.64. The highest BCUT2D eigenvalue weighted by molar-refractivity contribution is 6.36. The Morgan fingerprint density at radius 2 is 1.46 bits per heavy atom. The summed E-state index contributed by atoms with van der Waals surface area (Å²) in [5.74, 6) is -1.17. The molecule has 4 aromatic carbocycles. The maximum absolute atomic E-state index is 14.7. The second-order valence-corrected chi connectivity index (χ2v) is 9.37. The van der Waals surface area contributed by atoms with Gasteiger partial charge in [0, 0.05) is 22.3 Å². The van der Waals surface area contributed by atoms with Gasteiger partial charge in [0.1, 0.15) is 5.41 Å². The van der Waals surface area contributed by atoms with Crippen LogP contribution in [-0.2, 0) is 14.9 Å². The van der Waals surface area contributed by atoms with Gasteiger partial charge in [0.05, 0.1) is 23.6 Å². The number of carbonyl (C=O) groups is 3. The summed E-state index contributed by atoms with van der Waals surface area (Å²) in [7, 11) is 0. The molecule has 1 atom stereocenters. The Morgan fingerprint density at radius 3 is 2.22 bits per heavy atom. The van der Waals surface area contributed by atoms with Gasteiger partial charge in [-0.2, -0.15) is 0 Å². The van der Waals surface area contributed by atoms with Crippen molar-refractivity contribution >= 4 is 39.7 Å². The van der Waals surface area contributed by atoms with Crippen LogP contribution in [0, 0.1) is 0 Å². The van der Waals surface area contributed by atoms with Crippen LogP contribution in [0.1, 0.15) is 44.3 Å². The third-order valence-corrected chi connectivity index (χ3v) is 7.60. The van der Waals surface area contributed by atoms with Gasteiger partial charge in [-0.25, -0.2) is 4.79 Å². The minimum Gasteiger partial charge on any atom is -0.463 e. The molecule has 0 aromatic heterocycles. The third kappa shape index (κ3) is 2.60. The molecule has 1 N–H and O–H groups in total. The summed E-state index contributed by atoms with van der Waals surface area (Å²) in [5, 5.41) is 5.07. The van der Waals surface area contributed by atoms with E-state index in [1.165, 1.54) is 0 Å². The lowest BCUT2D eigenvalue weighted by Crippen LogP contribution is -2.47. The number of Topliss-reactive ketones (excluding diaryl/α,β-unsaturated/α-hetero) is 2. The third-order valence-electron chi connectivity index (χ3n) is 7.60. The molecule has 0 saturated heterocycles. The first kappa shape index (κ1) is 21.5. The van der Waals surface area contributed by atoms with Crippen molar-refractivity contribution in [3.8, 4) is 0 Å². The molecule has 1 aliphatic heterocycles.